The Kier molecular flexibility index (Phi) is 6.45. The van der Waals surface area contributed by atoms with Crippen LogP contribution in [-0.4, -0.2) is 48.8 Å². The number of aliphatic imine (C=N–C) groups is 1. The standard InChI is InChI=1S/C26H31N3O2S/c1-18-17-26(2,3)28(4)22-12-11-19(15-21(18)22)16-23-24(30)29(13-14-31-5)25(32-23)27-20-9-7-6-8-10-20/h6-12,15-16,18H,13-14,17H2,1-5H3/b23-16-,27-25?. The Balaban J connectivity index is 1.66. The number of anilines is 1. The fourth-order valence-electron chi connectivity index (χ4n) is 4.42. The number of hydrogen-bond donors (Lipinski definition) is 0. The minimum Gasteiger partial charge on any atom is -0.383 e. The number of amides is 1. The number of carbonyl (C=O) groups excluding carboxylic acids is 1. The van der Waals surface area contributed by atoms with Gasteiger partial charge in [0.15, 0.2) is 5.17 Å². The van der Waals surface area contributed by atoms with Crippen LogP contribution in [0.3, 0.4) is 0 Å². The second-order valence-corrected chi connectivity index (χ2v) is 10.1. The molecule has 1 unspecified atom stereocenters. The molecule has 0 aromatic heterocycles. The summed E-state index contributed by atoms with van der Waals surface area (Å²) in [5.41, 5.74) is 4.63. The van der Waals surface area contributed by atoms with Crippen molar-refractivity contribution in [3.63, 3.8) is 0 Å². The van der Waals surface area contributed by atoms with E-state index in [0.29, 0.717) is 29.1 Å². The van der Waals surface area contributed by atoms with Crippen LogP contribution in [0.5, 0.6) is 0 Å². The van der Waals surface area contributed by atoms with Crippen LogP contribution in [0.15, 0.2) is 58.4 Å². The highest BCUT2D eigenvalue weighted by Gasteiger charge is 2.35. The Labute approximate surface area is 195 Å². The molecule has 4 rings (SSSR count). The molecule has 2 aromatic carbocycles. The quantitative estimate of drug-likeness (QED) is 0.553. The van der Waals surface area contributed by atoms with Crippen molar-refractivity contribution in [1.82, 2.24) is 4.90 Å². The molecule has 5 nitrogen and oxygen atoms in total. The van der Waals surface area contributed by atoms with Gasteiger partial charge < -0.3 is 9.64 Å². The van der Waals surface area contributed by atoms with Gasteiger partial charge in [0.1, 0.15) is 0 Å². The summed E-state index contributed by atoms with van der Waals surface area (Å²) in [4.78, 5) is 22.7. The van der Waals surface area contributed by atoms with Gasteiger partial charge >= 0.3 is 0 Å². The maximum atomic E-state index is 13.2. The number of hydrogen-bond acceptors (Lipinski definition) is 5. The number of amidine groups is 1. The molecule has 1 saturated heterocycles. The maximum absolute atomic E-state index is 13.2. The zero-order chi connectivity index (χ0) is 22.9. The van der Waals surface area contributed by atoms with Gasteiger partial charge in [-0.1, -0.05) is 31.2 Å². The first-order valence-electron chi connectivity index (χ1n) is 11.0. The SMILES string of the molecule is COCCN1C(=O)/C(=C/c2ccc3c(c2)C(C)CC(C)(C)N3C)SC1=Nc1ccccc1. The van der Waals surface area contributed by atoms with Gasteiger partial charge in [-0.15, -0.1) is 0 Å². The van der Waals surface area contributed by atoms with Gasteiger partial charge in [0.25, 0.3) is 5.91 Å². The molecule has 2 heterocycles. The molecule has 1 fully saturated rings. The van der Waals surface area contributed by atoms with E-state index >= 15 is 0 Å². The van der Waals surface area contributed by atoms with E-state index in [4.69, 9.17) is 9.73 Å². The second-order valence-electron chi connectivity index (χ2n) is 9.09. The first kappa shape index (κ1) is 22.6. The molecule has 1 atom stereocenters. The fourth-order valence-corrected chi connectivity index (χ4v) is 5.45. The molecule has 0 aliphatic carbocycles. The molecular formula is C26H31N3O2S. The Morgan fingerprint density at radius 2 is 1.97 bits per heavy atom. The third-order valence-corrected chi connectivity index (χ3v) is 7.35. The number of methoxy groups -OCH3 is 1. The molecule has 6 heteroatoms. The van der Waals surface area contributed by atoms with Crippen molar-refractivity contribution >= 4 is 40.3 Å². The summed E-state index contributed by atoms with van der Waals surface area (Å²) < 4.78 is 5.22. The average Bonchev–Trinajstić information content (AvgIpc) is 3.05. The Morgan fingerprint density at radius 1 is 1.22 bits per heavy atom. The molecule has 0 spiro atoms. The van der Waals surface area contributed by atoms with Gasteiger partial charge in [0.05, 0.1) is 23.7 Å². The number of nitrogens with zero attached hydrogens (tertiary/aromatic N) is 3. The van der Waals surface area contributed by atoms with Crippen molar-refractivity contribution < 1.29 is 9.53 Å². The van der Waals surface area contributed by atoms with E-state index in [1.807, 2.05) is 36.4 Å². The van der Waals surface area contributed by atoms with Crippen LogP contribution in [0.4, 0.5) is 11.4 Å². The molecule has 0 radical (unpaired) electrons. The molecule has 0 saturated carbocycles. The maximum Gasteiger partial charge on any atom is 0.266 e. The molecule has 2 aliphatic heterocycles. The summed E-state index contributed by atoms with van der Waals surface area (Å²) in [6.45, 7) is 7.81. The van der Waals surface area contributed by atoms with Crippen molar-refractivity contribution in [2.75, 3.05) is 32.2 Å². The first-order valence-corrected chi connectivity index (χ1v) is 11.8. The summed E-state index contributed by atoms with van der Waals surface area (Å²) in [7, 11) is 3.81. The molecule has 1 amide bonds. The van der Waals surface area contributed by atoms with Crippen LogP contribution in [0.25, 0.3) is 6.08 Å². The van der Waals surface area contributed by atoms with Crippen molar-refractivity contribution in [3.8, 4) is 0 Å². The van der Waals surface area contributed by atoms with E-state index in [1.54, 1.807) is 12.0 Å². The van der Waals surface area contributed by atoms with E-state index in [9.17, 15) is 4.79 Å². The van der Waals surface area contributed by atoms with E-state index in [1.165, 1.54) is 23.0 Å². The predicted molar refractivity (Wildman–Crippen MR) is 135 cm³/mol. The van der Waals surface area contributed by atoms with Crippen LogP contribution in [0.1, 0.15) is 44.2 Å². The van der Waals surface area contributed by atoms with E-state index < -0.39 is 0 Å². The average molecular weight is 450 g/mol. The second kappa shape index (κ2) is 9.12. The summed E-state index contributed by atoms with van der Waals surface area (Å²) in [5.74, 6) is 0.445. The summed E-state index contributed by atoms with van der Waals surface area (Å²) in [5, 5.41) is 0.692. The fraction of sp³-hybridized carbons (Fsp3) is 0.385. The number of thioether (sulfide) groups is 1. The summed E-state index contributed by atoms with van der Waals surface area (Å²) in [6.07, 6.45) is 3.09. The largest absolute Gasteiger partial charge is 0.383 e. The van der Waals surface area contributed by atoms with Crippen molar-refractivity contribution in [2.45, 2.75) is 38.6 Å². The van der Waals surface area contributed by atoms with Gasteiger partial charge in [0, 0.05) is 25.4 Å². The molecule has 2 aliphatic rings. The third-order valence-electron chi connectivity index (χ3n) is 6.34. The number of carbonyl (C=O) groups is 1. The van der Waals surface area contributed by atoms with Gasteiger partial charge in [0.2, 0.25) is 0 Å². The van der Waals surface area contributed by atoms with Gasteiger partial charge in [-0.3, -0.25) is 9.69 Å². The molecular weight excluding hydrogens is 418 g/mol. The number of benzene rings is 2. The van der Waals surface area contributed by atoms with Gasteiger partial charge in [-0.05, 0) is 79.4 Å². The van der Waals surface area contributed by atoms with Crippen LogP contribution in [-0.2, 0) is 9.53 Å². The van der Waals surface area contributed by atoms with Crippen LogP contribution < -0.4 is 4.90 Å². The normalized spacial score (nSPS) is 22.7. The van der Waals surface area contributed by atoms with Crippen molar-refractivity contribution in [3.05, 3.63) is 64.6 Å². The highest BCUT2D eigenvalue weighted by Crippen LogP contribution is 2.43. The number of para-hydroxylation sites is 1. The molecule has 168 valence electrons. The Bertz CT molecular complexity index is 1060. The lowest BCUT2D eigenvalue weighted by Gasteiger charge is -2.45. The predicted octanol–water partition coefficient (Wildman–Crippen LogP) is 5.66. The monoisotopic (exact) mass is 449 g/mol. The van der Waals surface area contributed by atoms with E-state index in [0.717, 1.165) is 17.7 Å². The number of rotatable bonds is 5. The van der Waals surface area contributed by atoms with Crippen LogP contribution >= 0.6 is 11.8 Å². The van der Waals surface area contributed by atoms with Crippen molar-refractivity contribution in [1.29, 1.82) is 0 Å². The first-order chi connectivity index (χ1) is 15.3. The van der Waals surface area contributed by atoms with Gasteiger partial charge in [-0.2, -0.15) is 0 Å². The minimum absolute atomic E-state index is 0.0225. The third kappa shape index (κ3) is 4.48. The Morgan fingerprint density at radius 3 is 2.69 bits per heavy atom. The highest BCUT2D eigenvalue weighted by atomic mass is 32.2. The molecule has 0 bridgehead atoms. The lowest BCUT2D eigenvalue weighted by atomic mass is 9.80. The molecule has 2 aromatic rings. The lowest BCUT2D eigenvalue weighted by molar-refractivity contribution is -0.122. The van der Waals surface area contributed by atoms with E-state index in [2.05, 4.69) is 50.9 Å². The smallest absolute Gasteiger partial charge is 0.266 e. The van der Waals surface area contributed by atoms with Crippen LogP contribution in [0.2, 0.25) is 0 Å². The van der Waals surface area contributed by atoms with Crippen LogP contribution in [0, 0.1) is 0 Å². The Hall–Kier alpha value is -2.57. The summed E-state index contributed by atoms with van der Waals surface area (Å²) in [6, 6.07) is 16.3. The van der Waals surface area contributed by atoms with E-state index in [-0.39, 0.29) is 11.4 Å². The highest BCUT2D eigenvalue weighted by molar-refractivity contribution is 8.18. The topological polar surface area (TPSA) is 45.1 Å². The summed E-state index contributed by atoms with van der Waals surface area (Å²) >= 11 is 1.43. The zero-order valence-corrected chi connectivity index (χ0v) is 20.3. The number of fused-ring (bicyclic) bond motifs is 1. The lowest BCUT2D eigenvalue weighted by Crippen LogP contribution is -2.45. The van der Waals surface area contributed by atoms with Gasteiger partial charge in [-0.25, -0.2) is 4.99 Å². The molecule has 0 N–H and O–H groups in total. The van der Waals surface area contributed by atoms with Crippen molar-refractivity contribution in [2.24, 2.45) is 4.99 Å². The minimum atomic E-state index is -0.0225. The number of ether oxygens (including phenoxy) is 1. The zero-order valence-electron chi connectivity index (χ0n) is 19.5. The molecule has 32 heavy (non-hydrogen) atoms.